The van der Waals surface area contributed by atoms with E-state index in [1.165, 1.54) is 10.9 Å². The van der Waals surface area contributed by atoms with Crippen molar-refractivity contribution in [2.24, 2.45) is 0 Å². The third-order valence-corrected chi connectivity index (χ3v) is 1.99. The summed E-state index contributed by atoms with van der Waals surface area (Å²) in [4.78, 5) is 6.35. The maximum atomic E-state index is 9.41. The first-order valence-electron chi connectivity index (χ1n) is 4.42. The van der Waals surface area contributed by atoms with E-state index in [1.807, 2.05) is 0 Å². The summed E-state index contributed by atoms with van der Waals surface area (Å²) in [5.74, 6) is -0.0168. The molecule has 6 heteroatoms. The zero-order valence-electron chi connectivity index (χ0n) is 7.92. The number of nitrogens with zero attached hydrogens (tertiary/aromatic N) is 2. The number of nitrogen functional groups attached to an aromatic ring is 1. The predicted octanol–water partition coefficient (Wildman–Crippen LogP) is -0.255. The number of phenols is 1. The maximum Gasteiger partial charge on any atom is 0.140 e. The molecule has 0 bridgehead atoms. The van der Waals surface area contributed by atoms with Crippen molar-refractivity contribution in [3.8, 4) is 5.75 Å². The molecule has 0 saturated carbocycles. The van der Waals surface area contributed by atoms with Crippen LogP contribution in [0.3, 0.4) is 0 Å². The number of aromatic nitrogens is 2. The van der Waals surface area contributed by atoms with Crippen LogP contribution in [0.1, 0.15) is 0 Å². The fraction of sp³-hybridized carbons (Fsp3) is 0.222. The normalized spacial score (nSPS) is 10.7. The number of phenolic OH excluding ortho intramolecular Hbond substituents is 1. The molecule has 0 spiro atoms. The van der Waals surface area contributed by atoms with Gasteiger partial charge >= 0.3 is 0 Å². The van der Waals surface area contributed by atoms with Gasteiger partial charge in [-0.15, -0.1) is 5.10 Å². The minimum atomic E-state index is -0.0949. The minimum absolute atomic E-state index is 0.0168. The summed E-state index contributed by atoms with van der Waals surface area (Å²) < 4.78 is 0. The van der Waals surface area contributed by atoms with Crippen LogP contribution in [0, 0.1) is 0 Å². The molecule has 0 amide bonds. The summed E-state index contributed by atoms with van der Waals surface area (Å²) >= 11 is 0. The van der Waals surface area contributed by atoms with E-state index in [0.717, 1.165) is 5.39 Å². The van der Waals surface area contributed by atoms with E-state index in [4.69, 9.17) is 15.7 Å². The summed E-state index contributed by atoms with van der Waals surface area (Å²) in [6.07, 6.45) is 1.57. The lowest BCUT2D eigenvalue weighted by molar-refractivity contribution is 0.0616. The highest BCUT2D eigenvalue weighted by atomic mass is 16.7. The number of hydrogen-bond donors (Lipinski definition) is 3. The summed E-state index contributed by atoms with van der Waals surface area (Å²) in [5, 5.41) is 22.7. The van der Waals surface area contributed by atoms with Gasteiger partial charge in [-0.05, 0) is 6.07 Å². The number of anilines is 1. The van der Waals surface area contributed by atoms with Gasteiger partial charge in [-0.2, -0.15) is 0 Å². The lowest BCUT2D eigenvalue weighted by atomic mass is 10.2. The van der Waals surface area contributed by atoms with Crippen molar-refractivity contribution in [1.82, 2.24) is 9.94 Å². The molecule has 0 aliphatic carbocycles. The number of aliphatic hydroxyl groups is 1. The van der Waals surface area contributed by atoms with Crippen LogP contribution in [-0.4, -0.2) is 33.4 Å². The van der Waals surface area contributed by atoms with E-state index in [1.54, 1.807) is 12.3 Å². The summed E-state index contributed by atoms with van der Waals surface area (Å²) in [6.45, 7) is 0.0459. The predicted molar refractivity (Wildman–Crippen MR) is 54.3 cm³/mol. The highest BCUT2D eigenvalue weighted by molar-refractivity contribution is 5.84. The highest BCUT2D eigenvalue weighted by Crippen LogP contribution is 2.26. The number of aromatic hydroxyl groups is 1. The number of fused-ring (bicyclic) bond motifs is 1. The first-order valence-corrected chi connectivity index (χ1v) is 4.42. The van der Waals surface area contributed by atoms with Crippen molar-refractivity contribution in [2.75, 3.05) is 18.9 Å². The van der Waals surface area contributed by atoms with Gasteiger partial charge in [0, 0.05) is 11.5 Å². The van der Waals surface area contributed by atoms with Crippen molar-refractivity contribution in [1.29, 1.82) is 0 Å². The molecule has 0 unspecified atom stereocenters. The Bertz CT molecular complexity index is 481. The summed E-state index contributed by atoms with van der Waals surface area (Å²) in [7, 11) is 0. The lowest BCUT2D eigenvalue weighted by Gasteiger charge is -2.04. The molecular weight excluding hydrogens is 198 g/mol. The Morgan fingerprint density at radius 3 is 3.00 bits per heavy atom. The Morgan fingerprint density at radius 2 is 2.27 bits per heavy atom. The van der Waals surface area contributed by atoms with Crippen LogP contribution in [0.5, 0.6) is 5.75 Å². The fourth-order valence-corrected chi connectivity index (χ4v) is 1.29. The van der Waals surface area contributed by atoms with Gasteiger partial charge < -0.3 is 20.8 Å². The van der Waals surface area contributed by atoms with E-state index in [9.17, 15) is 5.11 Å². The molecule has 0 saturated heterocycles. The Morgan fingerprint density at radius 1 is 1.47 bits per heavy atom. The third kappa shape index (κ3) is 1.66. The monoisotopic (exact) mass is 209 g/mol. The second-order valence-corrected chi connectivity index (χ2v) is 3.04. The molecule has 0 aliphatic heterocycles. The maximum absolute atomic E-state index is 9.41. The molecule has 15 heavy (non-hydrogen) atoms. The molecular formula is C9H11N3O3. The van der Waals surface area contributed by atoms with E-state index < -0.39 is 0 Å². The molecule has 1 aromatic heterocycles. The van der Waals surface area contributed by atoms with Crippen molar-refractivity contribution < 1.29 is 15.1 Å². The van der Waals surface area contributed by atoms with Crippen molar-refractivity contribution in [3.63, 3.8) is 0 Å². The standard InChI is InChI=1S/C9H11N3O3/c10-7-3-6-5-11-12(15-2-1-13)8(6)4-9(7)14/h3-5,13-14H,1-2,10H2. The Balaban J connectivity index is 2.45. The number of hydrogen-bond acceptors (Lipinski definition) is 5. The third-order valence-electron chi connectivity index (χ3n) is 1.99. The quantitative estimate of drug-likeness (QED) is 0.478. The Labute approximate surface area is 85.4 Å². The van der Waals surface area contributed by atoms with Crippen LogP contribution in [0.2, 0.25) is 0 Å². The Kier molecular flexibility index (Phi) is 2.34. The first-order chi connectivity index (χ1) is 7.22. The molecule has 80 valence electrons. The molecule has 2 rings (SSSR count). The SMILES string of the molecule is Nc1cc2cnn(OCCO)c2cc1O. The van der Waals surface area contributed by atoms with Crippen molar-refractivity contribution in [2.45, 2.75) is 0 Å². The average Bonchev–Trinajstić information content (AvgIpc) is 2.59. The number of nitrogens with two attached hydrogens (primary N) is 1. The zero-order valence-corrected chi connectivity index (χ0v) is 7.92. The largest absolute Gasteiger partial charge is 0.506 e. The fourth-order valence-electron chi connectivity index (χ4n) is 1.29. The minimum Gasteiger partial charge on any atom is -0.506 e. The molecule has 0 atom stereocenters. The van der Waals surface area contributed by atoms with Crippen LogP contribution in [0.15, 0.2) is 18.3 Å². The smallest absolute Gasteiger partial charge is 0.140 e. The van der Waals surface area contributed by atoms with Crippen molar-refractivity contribution >= 4 is 16.6 Å². The first kappa shape index (κ1) is 9.60. The van der Waals surface area contributed by atoms with Crippen LogP contribution in [0.25, 0.3) is 10.9 Å². The summed E-state index contributed by atoms with van der Waals surface area (Å²) in [5.41, 5.74) is 6.43. The summed E-state index contributed by atoms with van der Waals surface area (Å²) in [6, 6.07) is 3.07. The second kappa shape index (κ2) is 3.66. The number of aliphatic hydroxyl groups excluding tert-OH is 1. The van der Waals surface area contributed by atoms with E-state index in [-0.39, 0.29) is 19.0 Å². The van der Waals surface area contributed by atoms with Crippen molar-refractivity contribution in [3.05, 3.63) is 18.3 Å². The van der Waals surface area contributed by atoms with Gasteiger partial charge in [0.2, 0.25) is 0 Å². The number of rotatable bonds is 3. The molecule has 0 fully saturated rings. The van der Waals surface area contributed by atoms with Gasteiger partial charge in [-0.3, -0.25) is 0 Å². The van der Waals surface area contributed by atoms with Crippen LogP contribution < -0.4 is 10.6 Å². The molecule has 2 aromatic rings. The molecule has 4 N–H and O–H groups in total. The van der Waals surface area contributed by atoms with E-state index in [2.05, 4.69) is 5.10 Å². The van der Waals surface area contributed by atoms with Gasteiger partial charge in [0.15, 0.2) is 0 Å². The van der Waals surface area contributed by atoms with Gasteiger partial charge in [-0.25, -0.2) is 0 Å². The second-order valence-electron chi connectivity index (χ2n) is 3.04. The van der Waals surface area contributed by atoms with Crippen LogP contribution in [0.4, 0.5) is 5.69 Å². The topological polar surface area (TPSA) is 93.5 Å². The van der Waals surface area contributed by atoms with Crippen LogP contribution in [-0.2, 0) is 0 Å². The molecule has 1 aromatic carbocycles. The van der Waals surface area contributed by atoms with Gasteiger partial charge in [-0.1, -0.05) is 4.85 Å². The molecule has 1 heterocycles. The molecule has 6 nitrogen and oxygen atoms in total. The van der Waals surface area contributed by atoms with E-state index >= 15 is 0 Å². The Hall–Kier alpha value is -1.95. The average molecular weight is 209 g/mol. The van der Waals surface area contributed by atoms with Gasteiger partial charge in [0.05, 0.1) is 18.5 Å². The lowest BCUT2D eigenvalue weighted by Crippen LogP contribution is -2.16. The molecule has 0 aliphatic rings. The van der Waals surface area contributed by atoms with E-state index in [0.29, 0.717) is 11.2 Å². The molecule has 0 radical (unpaired) electrons. The number of benzene rings is 1. The van der Waals surface area contributed by atoms with Gasteiger partial charge in [0.1, 0.15) is 17.9 Å². The van der Waals surface area contributed by atoms with Crippen LogP contribution >= 0.6 is 0 Å². The van der Waals surface area contributed by atoms with Gasteiger partial charge in [0.25, 0.3) is 0 Å². The highest BCUT2D eigenvalue weighted by Gasteiger charge is 2.07. The zero-order chi connectivity index (χ0) is 10.8.